The fourth-order valence-electron chi connectivity index (χ4n) is 2.72. The van der Waals surface area contributed by atoms with Crippen LogP contribution in [0.15, 0.2) is 36.4 Å². The molecule has 0 radical (unpaired) electrons. The molecule has 2 aromatic rings. The molecule has 5 heteroatoms. The van der Waals surface area contributed by atoms with Crippen molar-refractivity contribution in [3.8, 4) is 0 Å². The molecule has 24 heavy (non-hydrogen) atoms. The molecule has 3 N–H and O–H groups in total. The van der Waals surface area contributed by atoms with Gasteiger partial charge in [-0.25, -0.2) is 0 Å². The van der Waals surface area contributed by atoms with E-state index in [4.69, 9.17) is 0 Å². The van der Waals surface area contributed by atoms with Gasteiger partial charge in [-0.05, 0) is 54.8 Å². The molecule has 0 spiro atoms. The van der Waals surface area contributed by atoms with E-state index in [-0.39, 0.29) is 11.8 Å². The minimum Gasteiger partial charge on any atom is -0.384 e. The zero-order valence-corrected chi connectivity index (χ0v) is 13.9. The molecule has 2 amide bonds. The van der Waals surface area contributed by atoms with Crippen molar-refractivity contribution in [3.05, 3.63) is 53.1 Å². The number of fused-ring (bicyclic) bond motifs is 1. The Morgan fingerprint density at radius 3 is 2.75 bits per heavy atom. The van der Waals surface area contributed by atoms with Crippen molar-refractivity contribution in [1.82, 2.24) is 0 Å². The van der Waals surface area contributed by atoms with Gasteiger partial charge in [-0.1, -0.05) is 13.0 Å². The summed E-state index contributed by atoms with van der Waals surface area (Å²) in [6, 6.07) is 11.2. The summed E-state index contributed by atoms with van der Waals surface area (Å²) in [5.74, 6) is -0.200. The molecule has 0 aliphatic carbocycles. The number of nitrogens with one attached hydrogen (secondary N) is 3. The van der Waals surface area contributed by atoms with Crippen LogP contribution in [0.25, 0.3) is 0 Å². The van der Waals surface area contributed by atoms with E-state index in [1.807, 2.05) is 37.3 Å². The Kier molecular flexibility index (Phi) is 4.51. The molecule has 0 unspecified atom stereocenters. The van der Waals surface area contributed by atoms with Crippen molar-refractivity contribution in [3.63, 3.8) is 0 Å². The highest BCUT2D eigenvalue weighted by Gasteiger charge is 2.14. The molecule has 1 aliphatic rings. The van der Waals surface area contributed by atoms with E-state index in [9.17, 15) is 9.59 Å². The number of amides is 2. The van der Waals surface area contributed by atoms with Crippen LogP contribution in [0.5, 0.6) is 0 Å². The summed E-state index contributed by atoms with van der Waals surface area (Å²) in [5.41, 5.74) is 5.24. The topological polar surface area (TPSA) is 70.2 Å². The van der Waals surface area contributed by atoms with Crippen LogP contribution in [0.1, 0.15) is 34.8 Å². The lowest BCUT2D eigenvalue weighted by Crippen LogP contribution is -2.14. The molecule has 0 bridgehead atoms. The van der Waals surface area contributed by atoms with Gasteiger partial charge in [0.1, 0.15) is 0 Å². The Balaban J connectivity index is 1.78. The molecule has 124 valence electrons. The first kappa shape index (κ1) is 16.1. The molecular formula is C19H21N3O2. The second-order valence-corrected chi connectivity index (χ2v) is 5.93. The van der Waals surface area contributed by atoms with Crippen LogP contribution in [0.2, 0.25) is 0 Å². The van der Waals surface area contributed by atoms with E-state index < -0.39 is 0 Å². The molecular weight excluding hydrogens is 302 g/mol. The van der Waals surface area contributed by atoms with E-state index >= 15 is 0 Å². The number of carbonyl (C=O) groups is 2. The standard InChI is InChI=1S/C19H21N3O2/c1-3-18(23)21-15-6-4-12(2)17(11-15)22-19(24)14-5-7-16-13(10-14)8-9-20-16/h4-7,10-11,20H,3,8-9H2,1-2H3,(H,21,23)(H,22,24). The van der Waals surface area contributed by atoms with Gasteiger partial charge in [0.25, 0.3) is 5.91 Å². The zero-order valence-electron chi connectivity index (χ0n) is 13.9. The Morgan fingerprint density at radius 1 is 1.12 bits per heavy atom. The summed E-state index contributed by atoms with van der Waals surface area (Å²) in [4.78, 5) is 24.1. The molecule has 0 aromatic heterocycles. The predicted octanol–water partition coefficient (Wildman–Crippen LogP) is 3.56. The molecule has 0 saturated heterocycles. The van der Waals surface area contributed by atoms with Crippen LogP contribution in [-0.2, 0) is 11.2 Å². The maximum atomic E-state index is 12.5. The molecule has 0 saturated carbocycles. The van der Waals surface area contributed by atoms with Crippen LogP contribution in [0.3, 0.4) is 0 Å². The van der Waals surface area contributed by atoms with Gasteiger partial charge in [0.15, 0.2) is 0 Å². The Morgan fingerprint density at radius 2 is 1.96 bits per heavy atom. The number of rotatable bonds is 4. The van der Waals surface area contributed by atoms with Gasteiger partial charge < -0.3 is 16.0 Å². The van der Waals surface area contributed by atoms with E-state index in [1.165, 1.54) is 5.56 Å². The summed E-state index contributed by atoms with van der Waals surface area (Å²) < 4.78 is 0. The molecule has 1 aliphatic heterocycles. The summed E-state index contributed by atoms with van der Waals surface area (Å²) in [5, 5.41) is 9.03. The van der Waals surface area contributed by atoms with Gasteiger partial charge in [-0.3, -0.25) is 9.59 Å². The molecule has 2 aromatic carbocycles. The fraction of sp³-hybridized carbons (Fsp3) is 0.263. The fourth-order valence-corrected chi connectivity index (χ4v) is 2.72. The summed E-state index contributed by atoms with van der Waals surface area (Å²) in [6.45, 7) is 4.64. The summed E-state index contributed by atoms with van der Waals surface area (Å²) in [7, 11) is 0. The highest BCUT2D eigenvalue weighted by atomic mass is 16.2. The molecule has 1 heterocycles. The van der Waals surface area contributed by atoms with Crippen molar-refractivity contribution in [2.45, 2.75) is 26.7 Å². The lowest BCUT2D eigenvalue weighted by atomic mass is 10.1. The average Bonchev–Trinajstić information content (AvgIpc) is 3.05. The smallest absolute Gasteiger partial charge is 0.255 e. The third-order valence-corrected chi connectivity index (χ3v) is 4.17. The lowest BCUT2D eigenvalue weighted by molar-refractivity contribution is -0.115. The van der Waals surface area contributed by atoms with Gasteiger partial charge in [0.2, 0.25) is 5.91 Å². The van der Waals surface area contributed by atoms with Gasteiger partial charge in [0, 0.05) is 35.6 Å². The van der Waals surface area contributed by atoms with Crippen molar-refractivity contribution in [1.29, 1.82) is 0 Å². The number of hydrogen-bond donors (Lipinski definition) is 3. The second kappa shape index (κ2) is 6.74. The minimum absolute atomic E-state index is 0.0535. The van der Waals surface area contributed by atoms with Gasteiger partial charge >= 0.3 is 0 Å². The van der Waals surface area contributed by atoms with Crippen molar-refractivity contribution in [2.24, 2.45) is 0 Å². The van der Waals surface area contributed by atoms with Crippen molar-refractivity contribution < 1.29 is 9.59 Å². The second-order valence-electron chi connectivity index (χ2n) is 5.93. The Bertz CT molecular complexity index is 799. The molecule has 5 nitrogen and oxygen atoms in total. The number of benzene rings is 2. The number of aryl methyl sites for hydroxylation is 1. The number of hydrogen-bond acceptors (Lipinski definition) is 3. The van der Waals surface area contributed by atoms with E-state index in [0.717, 1.165) is 24.2 Å². The monoisotopic (exact) mass is 323 g/mol. The normalized spacial score (nSPS) is 12.2. The Hall–Kier alpha value is -2.82. The lowest BCUT2D eigenvalue weighted by Gasteiger charge is -2.12. The van der Waals surface area contributed by atoms with Crippen LogP contribution in [0, 0.1) is 6.92 Å². The van der Waals surface area contributed by atoms with Crippen LogP contribution in [0.4, 0.5) is 17.1 Å². The van der Waals surface area contributed by atoms with Gasteiger partial charge in [0.05, 0.1) is 0 Å². The maximum absolute atomic E-state index is 12.5. The Labute approximate surface area is 141 Å². The first-order chi connectivity index (χ1) is 11.6. The summed E-state index contributed by atoms with van der Waals surface area (Å²) in [6.07, 6.45) is 1.35. The van der Waals surface area contributed by atoms with E-state index in [0.29, 0.717) is 23.4 Å². The van der Waals surface area contributed by atoms with Crippen molar-refractivity contribution >= 4 is 28.9 Å². The van der Waals surface area contributed by atoms with E-state index in [1.54, 1.807) is 13.0 Å². The predicted molar refractivity (Wildman–Crippen MR) is 96.7 cm³/mol. The number of anilines is 3. The van der Waals surface area contributed by atoms with E-state index in [2.05, 4.69) is 16.0 Å². The quantitative estimate of drug-likeness (QED) is 0.805. The molecule has 0 atom stereocenters. The van der Waals surface area contributed by atoms with Gasteiger partial charge in [-0.2, -0.15) is 0 Å². The van der Waals surface area contributed by atoms with Crippen LogP contribution in [-0.4, -0.2) is 18.4 Å². The highest BCUT2D eigenvalue weighted by molar-refractivity contribution is 6.05. The van der Waals surface area contributed by atoms with Crippen LogP contribution < -0.4 is 16.0 Å². The van der Waals surface area contributed by atoms with Gasteiger partial charge in [-0.15, -0.1) is 0 Å². The summed E-state index contributed by atoms with van der Waals surface area (Å²) >= 11 is 0. The van der Waals surface area contributed by atoms with Crippen molar-refractivity contribution in [2.75, 3.05) is 22.5 Å². The first-order valence-electron chi connectivity index (χ1n) is 8.15. The number of carbonyl (C=O) groups excluding carboxylic acids is 2. The molecule has 0 fully saturated rings. The largest absolute Gasteiger partial charge is 0.384 e. The third-order valence-electron chi connectivity index (χ3n) is 4.17. The SMILES string of the molecule is CCC(=O)Nc1ccc(C)c(NC(=O)c2ccc3c(c2)CCN3)c1. The highest BCUT2D eigenvalue weighted by Crippen LogP contribution is 2.25. The third kappa shape index (κ3) is 3.40. The van der Waals surface area contributed by atoms with Crippen LogP contribution >= 0.6 is 0 Å². The first-order valence-corrected chi connectivity index (χ1v) is 8.15. The average molecular weight is 323 g/mol. The zero-order chi connectivity index (χ0) is 17.1. The maximum Gasteiger partial charge on any atom is 0.255 e. The minimum atomic E-state index is -0.147. The molecule has 3 rings (SSSR count).